The number of anilines is 1. The predicted octanol–water partition coefficient (Wildman–Crippen LogP) is 14.6. The number of nitrogens with one attached hydrogen (secondary N) is 1. The Morgan fingerprint density at radius 3 is 1.84 bits per heavy atom. The third-order valence-corrected chi connectivity index (χ3v) is 12.0. The Labute approximate surface area is 333 Å². The number of fused-ring (bicyclic) bond motifs is 8. The molecular weight excluding hydrogens is 689 g/mol. The van der Waals surface area contributed by atoms with Crippen LogP contribution in [0.3, 0.4) is 0 Å². The molecule has 1 aromatic heterocycles. The molecule has 1 N–H and O–H groups in total. The van der Waals surface area contributed by atoms with Gasteiger partial charge >= 0.3 is 0 Å². The molecule has 0 saturated carbocycles. The number of benzene rings is 8. The summed E-state index contributed by atoms with van der Waals surface area (Å²) in [6.45, 7) is 2.31. The van der Waals surface area contributed by atoms with Crippen LogP contribution >= 0.6 is 0 Å². The molecule has 2 aliphatic rings. The molecule has 2 nitrogen and oxygen atoms in total. The first-order valence-electron chi connectivity index (χ1n) is 19.9. The minimum absolute atomic E-state index is 0.272. The Kier molecular flexibility index (Phi) is 7.72. The predicted molar refractivity (Wildman–Crippen MR) is 242 cm³/mol. The monoisotopic (exact) mass is 728 g/mol. The second-order valence-corrected chi connectivity index (χ2v) is 15.7. The molecule has 1 unspecified atom stereocenters. The summed E-state index contributed by atoms with van der Waals surface area (Å²) in [5, 5.41) is 6.54. The molecule has 11 rings (SSSR count). The van der Waals surface area contributed by atoms with E-state index in [-0.39, 0.29) is 5.54 Å². The molecule has 1 aliphatic carbocycles. The van der Waals surface area contributed by atoms with E-state index in [1.165, 1.54) is 94.3 Å². The van der Waals surface area contributed by atoms with Gasteiger partial charge in [-0.3, -0.25) is 0 Å². The van der Waals surface area contributed by atoms with E-state index in [1.807, 2.05) is 0 Å². The van der Waals surface area contributed by atoms with E-state index in [2.05, 4.69) is 223 Å². The van der Waals surface area contributed by atoms with Crippen molar-refractivity contribution in [3.63, 3.8) is 0 Å². The van der Waals surface area contributed by atoms with Gasteiger partial charge in [0, 0.05) is 33.2 Å². The van der Waals surface area contributed by atoms with E-state index in [0.717, 1.165) is 12.1 Å². The van der Waals surface area contributed by atoms with Gasteiger partial charge < -0.3 is 9.88 Å². The SMILES string of the molecule is CC1(Nc2ccc(-c3ccc4c(c3)c3cccc5c3n4-c3ccccc3-c3ccccc3-5)cc2-c2ccccc2)C=CC=C(c2ccc(-c3ccccc3)cc2)C1. The molecule has 1 atom stereocenters. The summed E-state index contributed by atoms with van der Waals surface area (Å²) in [5.41, 5.74) is 19.5. The largest absolute Gasteiger partial charge is 0.376 e. The second kappa shape index (κ2) is 13.3. The summed E-state index contributed by atoms with van der Waals surface area (Å²) in [6, 6.07) is 68.8. The molecule has 0 spiro atoms. The number of nitrogens with zero attached hydrogens (tertiary/aromatic N) is 1. The molecule has 0 fully saturated rings. The molecule has 8 aromatic carbocycles. The summed E-state index contributed by atoms with van der Waals surface area (Å²) in [4.78, 5) is 0. The maximum Gasteiger partial charge on any atom is 0.0619 e. The summed E-state index contributed by atoms with van der Waals surface area (Å²) in [6.07, 6.45) is 7.65. The van der Waals surface area contributed by atoms with Crippen LogP contribution in [0.15, 0.2) is 206 Å². The average Bonchev–Trinajstić information content (AvgIpc) is 3.54. The molecular formula is C55H40N2. The van der Waals surface area contributed by atoms with Gasteiger partial charge in [-0.1, -0.05) is 176 Å². The van der Waals surface area contributed by atoms with Crippen molar-refractivity contribution in [3.8, 4) is 61.3 Å². The molecule has 0 amide bonds. The Morgan fingerprint density at radius 1 is 0.456 bits per heavy atom. The Morgan fingerprint density at radius 2 is 1.05 bits per heavy atom. The molecule has 2 heteroatoms. The molecule has 270 valence electrons. The zero-order valence-electron chi connectivity index (χ0n) is 31.8. The zero-order chi connectivity index (χ0) is 37.9. The van der Waals surface area contributed by atoms with Crippen LogP contribution in [0.25, 0.3) is 88.7 Å². The summed E-state index contributed by atoms with van der Waals surface area (Å²) < 4.78 is 2.49. The number of aromatic nitrogens is 1. The number of para-hydroxylation sites is 2. The first-order chi connectivity index (χ1) is 28.1. The first-order valence-corrected chi connectivity index (χ1v) is 19.9. The first kappa shape index (κ1) is 33.2. The highest BCUT2D eigenvalue weighted by Gasteiger charge is 2.27. The van der Waals surface area contributed by atoms with Crippen LogP contribution in [0.5, 0.6) is 0 Å². The van der Waals surface area contributed by atoms with Crippen LogP contribution in [0.4, 0.5) is 5.69 Å². The van der Waals surface area contributed by atoms with Gasteiger partial charge in [0.1, 0.15) is 0 Å². The van der Waals surface area contributed by atoms with E-state index >= 15 is 0 Å². The van der Waals surface area contributed by atoms with Crippen molar-refractivity contribution in [1.29, 1.82) is 0 Å². The Balaban J connectivity index is 0.974. The standard InChI is InChI=1S/C55H40N2/c1-55(33-13-18-43(36-55)39-27-25-38(26-28-39)37-14-4-2-5-15-37)56-51-31-29-41(34-49(51)40-16-6-3-7-17-40)42-30-32-53-50(35-42)48-23-12-22-47-45-20-9-8-19-44(45)46-21-10-11-24-52(46)57(53)54(47)48/h2-35,56H,36H2,1H3. The van der Waals surface area contributed by atoms with Crippen molar-refractivity contribution in [3.05, 3.63) is 212 Å². The Bertz CT molecular complexity index is 3060. The third kappa shape index (κ3) is 5.64. The highest BCUT2D eigenvalue weighted by atomic mass is 15.0. The van der Waals surface area contributed by atoms with Crippen molar-refractivity contribution in [1.82, 2.24) is 4.57 Å². The van der Waals surface area contributed by atoms with Crippen molar-refractivity contribution < 1.29 is 0 Å². The molecule has 57 heavy (non-hydrogen) atoms. The van der Waals surface area contributed by atoms with Gasteiger partial charge in [-0.05, 0) is 93.8 Å². The van der Waals surface area contributed by atoms with Gasteiger partial charge in [0.2, 0.25) is 0 Å². The smallest absolute Gasteiger partial charge is 0.0619 e. The quantitative estimate of drug-likeness (QED) is 0.180. The minimum atomic E-state index is -0.272. The highest BCUT2D eigenvalue weighted by molar-refractivity contribution is 6.17. The fourth-order valence-corrected chi connectivity index (χ4v) is 9.24. The Hall–Kier alpha value is -7.16. The minimum Gasteiger partial charge on any atom is -0.376 e. The topological polar surface area (TPSA) is 17.0 Å². The zero-order valence-corrected chi connectivity index (χ0v) is 31.8. The van der Waals surface area contributed by atoms with E-state index in [9.17, 15) is 0 Å². The van der Waals surface area contributed by atoms with E-state index in [4.69, 9.17) is 0 Å². The molecule has 0 radical (unpaired) electrons. The van der Waals surface area contributed by atoms with Gasteiger partial charge in [0.25, 0.3) is 0 Å². The third-order valence-electron chi connectivity index (χ3n) is 12.0. The van der Waals surface area contributed by atoms with Gasteiger partial charge in [-0.2, -0.15) is 0 Å². The molecule has 0 bridgehead atoms. The normalized spacial score (nSPS) is 15.5. The van der Waals surface area contributed by atoms with Gasteiger partial charge in [0.05, 0.1) is 22.3 Å². The van der Waals surface area contributed by atoms with Crippen molar-refractivity contribution >= 4 is 33.1 Å². The maximum absolute atomic E-state index is 4.01. The summed E-state index contributed by atoms with van der Waals surface area (Å²) >= 11 is 0. The number of rotatable bonds is 6. The fourth-order valence-electron chi connectivity index (χ4n) is 9.24. The maximum atomic E-state index is 4.01. The van der Waals surface area contributed by atoms with Crippen molar-refractivity contribution in [2.45, 2.75) is 18.9 Å². The summed E-state index contributed by atoms with van der Waals surface area (Å²) in [5.74, 6) is 0. The number of hydrogen-bond acceptors (Lipinski definition) is 1. The molecule has 0 saturated heterocycles. The van der Waals surface area contributed by atoms with Crippen LogP contribution in [0.1, 0.15) is 18.9 Å². The fraction of sp³-hybridized carbons (Fsp3) is 0.0545. The van der Waals surface area contributed by atoms with Crippen molar-refractivity contribution in [2.24, 2.45) is 0 Å². The van der Waals surface area contributed by atoms with Gasteiger partial charge in [-0.25, -0.2) is 0 Å². The molecule has 1 aliphatic heterocycles. The van der Waals surface area contributed by atoms with Gasteiger partial charge in [-0.15, -0.1) is 0 Å². The lowest BCUT2D eigenvalue weighted by molar-refractivity contribution is 0.651. The van der Waals surface area contributed by atoms with E-state index in [1.54, 1.807) is 0 Å². The number of allylic oxidation sites excluding steroid dienone is 2. The summed E-state index contributed by atoms with van der Waals surface area (Å²) in [7, 11) is 0. The molecule has 9 aromatic rings. The lowest BCUT2D eigenvalue weighted by atomic mass is 9.84. The van der Waals surface area contributed by atoms with E-state index < -0.39 is 0 Å². The average molecular weight is 729 g/mol. The van der Waals surface area contributed by atoms with Crippen LogP contribution < -0.4 is 5.32 Å². The molecule has 2 heterocycles. The van der Waals surface area contributed by atoms with Crippen molar-refractivity contribution in [2.75, 3.05) is 5.32 Å². The van der Waals surface area contributed by atoms with Crippen LogP contribution in [0, 0.1) is 0 Å². The lowest BCUT2D eigenvalue weighted by Crippen LogP contribution is -2.34. The van der Waals surface area contributed by atoms with Crippen LogP contribution in [-0.2, 0) is 0 Å². The lowest BCUT2D eigenvalue weighted by Gasteiger charge is -2.33. The van der Waals surface area contributed by atoms with Crippen LogP contribution in [-0.4, -0.2) is 10.1 Å². The van der Waals surface area contributed by atoms with Crippen LogP contribution in [0.2, 0.25) is 0 Å². The van der Waals surface area contributed by atoms with Gasteiger partial charge in [0.15, 0.2) is 0 Å². The van der Waals surface area contributed by atoms with E-state index in [0.29, 0.717) is 0 Å². The number of hydrogen-bond donors (Lipinski definition) is 1. The highest BCUT2D eigenvalue weighted by Crippen LogP contribution is 2.47. The second-order valence-electron chi connectivity index (χ2n) is 15.7.